The minimum Gasteiger partial charge on any atom is -0.388 e. The van der Waals surface area contributed by atoms with Crippen molar-refractivity contribution in [1.29, 1.82) is 0 Å². The lowest BCUT2D eigenvalue weighted by molar-refractivity contribution is 0.202. The molecule has 2 heterocycles. The molecule has 4 heteroatoms. The van der Waals surface area contributed by atoms with E-state index in [1.807, 2.05) is 6.92 Å². The monoisotopic (exact) mass is 288 g/mol. The molecule has 1 saturated heterocycles. The first-order valence-electron chi connectivity index (χ1n) is 7.10. The van der Waals surface area contributed by atoms with Gasteiger partial charge in [0.2, 0.25) is 0 Å². The summed E-state index contributed by atoms with van der Waals surface area (Å²) >= 11 is 1.63. The molecule has 1 aromatic heterocycles. The highest BCUT2D eigenvalue weighted by molar-refractivity contribution is 7.15. The Labute approximate surface area is 123 Å². The van der Waals surface area contributed by atoms with E-state index in [0.29, 0.717) is 5.92 Å². The molecule has 1 aliphatic heterocycles. The number of rotatable bonds is 3. The van der Waals surface area contributed by atoms with E-state index in [0.717, 1.165) is 28.8 Å². The summed E-state index contributed by atoms with van der Waals surface area (Å²) in [5.74, 6) is 0.593. The van der Waals surface area contributed by atoms with Gasteiger partial charge in [-0.25, -0.2) is 4.98 Å². The largest absolute Gasteiger partial charge is 0.388 e. The molecule has 2 unspecified atom stereocenters. The Balaban J connectivity index is 1.76. The molecule has 1 N–H and O–H groups in total. The predicted octanol–water partition coefficient (Wildman–Crippen LogP) is 3.50. The summed E-state index contributed by atoms with van der Waals surface area (Å²) in [7, 11) is 0. The van der Waals surface area contributed by atoms with Crippen molar-refractivity contribution in [3.8, 4) is 0 Å². The highest BCUT2D eigenvalue weighted by atomic mass is 32.1. The highest BCUT2D eigenvalue weighted by Crippen LogP contribution is 2.35. The average molecular weight is 288 g/mol. The Morgan fingerprint density at radius 3 is 2.75 bits per heavy atom. The van der Waals surface area contributed by atoms with Crippen LogP contribution in [0.25, 0.3) is 0 Å². The van der Waals surface area contributed by atoms with Gasteiger partial charge >= 0.3 is 0 Å². The number of thiazole rings is 1. The number of aryl methyl sites for hydroxylation is 1. The fraction of sp³-hybridized carbons (Fsp3) is 0.438. The predicted molar refractivity (Wildman–Crippen MR) is 83.5 cm³/mol. The number of aliphatic hydroxyl groups excluding tert-OH is 1. The second-order valence-electron chi connectivity index (χ2n) is 5.46. The van der Waals surface area contributed by atoms with Crippen LogP contribution in [0.5, 0.6) is 0 Å². The smallest absolute Gasteiger partial charge is 0.185 e. The van der Waals surface area contributed by atoms with Crippen molar-refractivity contribution < 1.29 is 5.11 Å². The van der Waals surface area contributed by atoms with E-state index in [9.17, 15) is 5.11 Å². The van der Waals surface area contributed by atoms with Crippen molar-refractivity contribution >= 4 is 16.5 Å². The molecule has 0 radical (unpaired) electrons. The van der Waals surface area contributed by atoms with Crippen LogP contribution in [0.4, 0.5) is 5.13 Å². The van der Waals surface area contributed by atoms with Crippen LogP contribution in [-0.4, -0.2) is 23.2 Å². The molecule has 0 spiro atoms. The number of aromatic nitrogens is 1. The van der Waals surface area contributed by atoms with Gasteiger partial charge < -0.3 is 10.0 Å². The van der Waals surface area contributed by atoms with Gasteiger partial charge in [0.1, 0.15) is 0 Å². The molecular formula is C16H20N2OS. The zero-order chi connectivity index (χ0) is 14.1. The molecule has 3 rings (SSSR count). The van der Waals surface area contributed by atoms with Crippen molar-refractivity contribution in [2.24, 2.45) is 0 Å². The van der Waals surface area contributed by atoms with Crippen LogP contribution in [0.1, 0.15) is 41.5 Å². The van der Waals surface area contributed by atoms with E-state index in [1.165, 1.54) is 12.0 Å². The molecule has 106 valence electrons. The molecule has 2 aromatic rings. The van der Waals surface area contributed by atoms with Crippen LogP contribution in [0.15, 0.2) is 30.3 Å². The maximum atomic E-state index is 9.74. The molecular weight excluding hydrogens is 268 g/mol. The van der Waals surface area contributed by atoms with Crippen LogP contribution in [-0.2, 0) is 0 Å². The lowest BCUT2D eigenvalue weighted by atomic mass is 9.99. The Hall–Kier alpha value is -1.39. The Morgan fingerprint density at radius 1 is 1.35 bits per heavy atom. The van der Waals surface area contributed by atoms with Gasteiger partial charge in [-0.3, -0.25) is 0 Å². The van der Waals surface area contributed by atoms with Gasteiger partial charge in [0, 0.05) is 19.0 Å². The third-order valence-corrected chi connectivity index (χ3v) is 5.32. The second-order valence-corrected chi connectivity index (χ2v) is 6.47. The lowest BCUT2D eigenvalue weighted by Crippen LogP contribution is -2.18. The molecule has 1 fully saturated rings. The minimum absolute atomic E-state index is 0.422. The van der Waals surface area contributed by atoms with E-state index < -0.39 is 6.10 Å². The van der Waals surface area contributed by atoms with E-state index >= 15 is 0 Å². The number of hydrogen-bond acceptors (Lipinski definition) is 4. The van der Waals surface area contributed by atoms with Crippen molar-refractivity contribution in [2.75, 3.05) is 18.0 Å². The van der Waals surface area contributed by atoms with Gasteiger partial charge in [0.05, 0.1) is 16.7 Å². The normalized spacial score (nSPS) is 20.4. The van der Waals surface area contributed by atoms with E-state index in [1.54, 1.807) is 18.3 Å². The summed E-state index contributed by atoms with van der Waals surface area (Å²) < 4.78 is 0. The maximum absolute atomic E-state index is 9.74. The molecule has 1 aromatic carbocycles. The summed E-state index contributed by atoms with van der Waals surface area (Å²) in [6, 6.07) is 10.7. The molecule has 3 nitrogen and oxygen atoms in total. The van der Waals surface area contributed by atoms with Crippen LogP contribution in [0.3, 0.4) is 0 Å². The van der Waals surface area contributed by atoms with Crippen molar-refractivity contribution in [2.45, 2.75) is 32.3 Å². The summed E-state index contributed by atoms with van der Waals surface area (Å²) in [6.07, 6.45) is 0.751. The maximum Gasteiger partial charge on any atom is 0.185 e. The average Bonchev–Trinajstić information content (AvgIpc) is 3.06. The van der Waals surface area contributed by atoms with Gasteiger partial charge in [-0.1, -0.05) is 41.7 Å². The first-order chi connectivity index (χ1) is 9.65. The van der Waals surface area contributed by atoms with Crippen LogP contribution in [0.2, 0.25) is 0 Å². The number of anilines is 1. The zero-order valence-electron chi connectivity index (χ0n) is 11.9. The molecule has 0 saturated carbocycles. The summed E-state index contributed by atoms with van der Waals surface area (Å²) in [6.45, 7) is 5.86. The van der Waals surface area contributed by atoms with Gasteiger partial charge in [0.25, 0.3) is 0 Å². The van der Waals surface area contributed by atoms with Crippen molar-refractivity contribution in [3.05, 3.63) is 46.5 Å². The summed E-state index contributed by atoms with van der Waals surface area (Å²) in [4.78, 5) is 7.96. The molecule has 0 aliphatic carbocycles. The topological polar surface area (TPSA) is 36.4 Å². The Bertz CT molecular complexity index is 579. The summed E-state index contributed by atoms with van der Waals surface area (Å²) in [5, 5.41) is 10.8. The summed E-state index contributed by atoms with van der Waals surface area (Å²) in [5.41, 5.74) is 2.38. The van der Waals surface area contributed by atoms with Crippen molar-refractivity contribution in [3.63, 3.8) is 0 Å². The molecule has 0 bridgehead atoms. The number of hydrogen-bond donors (Lipinski definition) is 1. The zero-order valence-corrected chi connectivity index (χ0v) is 12.7. The lowest BCUT2D eigenvalue weighted by Gasteiger charge is -2.15. The highest BCUT2D eigenvalue weighted by Gasteiger charge is 2.26. The van der Waals surface area contributed by atoms with Gasteiger partial charge in [-0.05, 0) is 25.8 Å². The van der Waals surface area contributed by atoms with Gasteiger partial charge in [0.15, 0.2) is 5.13 Å². The SMILES string of the molecule is Cc1nc(N2CCC(c3ccccc3)C2)sc1C(C)O. The van der Waals surface area contributed by atoms with E-state index in [-0.39, 0.29) is 0 Å². The Kier molecular flexibility index (Phi) is 3.76. The van der Waals surface area contributed by atoms with E-state index in [2.05, 4.69) is 40.2 Å². The van der Waals surface area contributed by atoms with Crippen LogP contribution >= 0.6 is 11.3 Å². The van der Waals surface area contributed by atoms with Crippen LogP contribution < -0.4 is 4.90 Å². The first kappa shape index (κ1) is 13.6. The molecule has 2 atom stereocenters. The van der Waals surface area contributed by atoms with Crippen LogP contribution in [0, 0.1) is 6.92 Å². The first-order valence-corrected chi connectivity index (χ1v) is 7.92. The molecule has 1 aliphatic rings. The number of benzene rings is 1. The standard InChI is InChI=1S/C16H20N2OS/c1-11-15(12(2)19)20-16(17-11)18-9-8-14(10-18)13-6-4-3-5-7-13/h3-7,12,14,19H,8-10H2,1-2H3. The van der Waals surface area contributed by atoms with Crippen molar-refractivity contribution in [1.82, 2.24) is 4.98 Å². The molecule has 0 amide bonds. The fourth-order valence-corrected chi connectivity index (χ4v) is 3.89. The number of nitrogens with zero attached hydrogens (tertiary/aromatic N) is 2. The third kappa shape index (κ3) is 2.58. The fourth-order valence-electron chi connectivity index (χ4n) is 2.85. The quantitative estimate of drug-likeness (QED) is 0.939. The molecule has 20 heavy (non-hydrogen) atoms. The Morgan fingerprint density at radius 2 is 2.10 bits per heavy atom. The van der Waals surface area contributed by atoms with Gasteiger partial charge in [-0.15, -0.1) is 0 Å². The second kappa shape index (κ2) is 5.54. The minimum atomic E-state index is -0.422. The van der Waals surface area contributed by atoms with E-state index in [4.69, 9.17) is 0 Å². The third-order valence-electron chi connectivity index (χ3n) is 3.93. The van der Waals surface area contributed by atoms with Gasteiger partial charge in [-0.2, -0.15) is 0 Å². The number of aliphatic hydroxyl groups is 1.